The number of amides is 1. The molecular formula is C19H14FN3OS2. The number of carbonyl (C=O) groups excluding carboxylic acids is 1. The third-order valence-electron chi connectivity index (χ3n) is 3.80. The first kappa shape index (κ1) is 16.8. The van der Waals surface area contributed by atoms with Crippen molar-refractivity contribution in [1.29, 1.82) is 0 Å². The number of nitrogens with zero attached hydrogens (tertiary/aromatic N) is 2. The lowest BCUT2D eigenvalue weighted by Gasteiger charge is -2.05. The topological polar surface area (TPSA) is 46.9 Å². The first-order valence-electron chi connectivity index (χ1n) is 7.84. The van der Waals surface area contributed by atoms with Crippen molar-refractivity contribution >= 4 is 44.8 Å². The molecule has 0 aliphatic heterocycles. The van der Waals surface area contributed by atoms with Gasteiger partial charge >= 0.3 is 0 Å². The van der Waals surface area contributed by atoms with Crippen LogP contribution in [0.3, 0.4) is 0 Å². The van der Waals surface area contributed by atoms with E-state index < -0.39 is 0 Å². The number of aryl methyl sites for hydroxylation is 1. The molecule has 0 aliphatic carbocycles. The average Bonchev–Trinajstić information content (AvgIpc) is 3.22. The molecule has 0 fully saturated rings. The zero-order chi connectivity index (χ0) is 18.1. The second-order valence-corrected chi connectivity index (χ2v) is 7.82. The summed E-state index contributed by atoms with van der Waals surface area (Å²) in [5, 5.41) is 4.52. The van der Waals surface area contributed by atoms with E-state index in [-0.39, 0.29) is 11.7 Å². The number of rotatable bonds is 4. The van der Waals surface area contributed by atoms with Gasteiger partial charge in [0.15, 0.2) is 5.16 Å². The van der Waals surface area contributed by atoms with E-state index in [1.807, 2.05) is 42.1 Å². The highest BCUT2D eigenvalue weighted by molar-refractivity contribution is 7.99. The lowest BCUT2D eigenvalue weighted by atomic mass is 10.2. The zero-order valence-electron chi connectivity index (χ0n) is 13.8. The molecule has 0 saturated carbocycles. The van der Waals surface area contributed by atoms with Gasteiger partial charge in [-0.2, -0.15) is 0 Å². The summed E-state index contributed by atoms with van der Waals surface area (Å²) in [6.07, 6.45) is 3.65. The van der Waals surface area contributed by atoms with E-state index >= 15 is 0 Å². The molecule has 0 radical (unpaired) electrons. The Morgan fingerprint density at radius 3 is 2.73 bits per heavy atom. The van der Waals surface area contributed by atoms with Crippen molar-refractivity contribution in [3.05, 3.63) is 71.6 Å². The smallest absolute Gasteiger partial charge is 0.265 e. The van der Waals surface area contributed by atoms with Crippen LogP contribution in [0.2, 0.25) is 0 Å². The Kier molecular flexibility index (Phi) is 4.48. The Labute approximate surface area is 157 Å². The number of aromatic nitrogens is 2. The van der Waals surface area contributed by atoms with Crippen molar-refractivity contribution in [3.63, 3.8) is 0 Å². The second-order valence-electron chi connectivity index (χ2n) is 5.69. The van der Waals surface area contributed by atoms with Crippen LogP contribution in [0.15, 0.2) is 71.0 Å². The van der Waals surface area contributed by atoms with E-state index in [2.05, 4.69) is 10.3 Å². The molecule has 0 saturated heterocycles. The fourth-order valence-electron chi connectivity index (χ4n) is 2.48. The summed E-state index contributed by atoms with van der Waals surface area (Å²) in [6.45, 7) is 0. The first-order valence-corrected chi connectivity index (χ1v) is 9.47. The lowest BCUT2D eigenvalue weighted by Crippen LogP contribution is -2.09. The SMILES string of the molecule is Cn1ccnc1Sc1ccc(NC(=O)c2cc3cc(F)ccc3s2)cc1. The summed E-state index contributed by atoms with van der Waals surface area (Å²) in [7, 11) is 1.95. The van der Waals surface area contributed by atoms with Gasteiger partial charge in [-0.15, -0.1) is 11.3 Å². The maximum Gasteiger partial charge on any atom is 0.265 e. The molecule has 0 unspecified atom stereocenters. The van der Waals surface area contributed by atoms with Crippen LogP contribution in [-0.4, -0.2) is 15.5 Å². The molecule has 7 heteroatoms. The van der Waals surface area contributed by atoms with Crippen LogP contribution >= 0.6 is 23.1 Å². The van der Waals surface area contributed by atoms with Crippen molar-refractivity contribution in [2.75, 3.05) is 5.32 Å². The van der Waals surface area contributed by atoms with E-state index in [9.17, 15) is 9.18 Å². The number of benzene rings is 2. The normalized spacial score (nSPS) is 11.0. The monoisotopic (exact) mass is 383 g/mol. The molecule has 4 rings (SSSR count). The van der Waals surface area contributed by atoms with Gasteiger partial charge in [-0.25, -0.2) is 9.37 Å². The highest BCUT2D eigenvalue weighted by Crippen LogP contribution is 2.29. The largest absolute Gasteiger partial charge is 0.329 e. The number of fused-ring (bicyclic) bond motifs is 1. The summed E-state index contributed by atoms with van der Waals surface area (Å²) in [6, 6.07) is 13.8. The molecule has 0 spiro atoms. The Balaban J connectivity index is 1.47. The number of hydrogen-bond acceptors (Lipinski definition) is 4. The molecule has 1 amide bonds. The van der Waals surface area contributed by atoms with Gasteiger partial charge in [0.2, 0.25) is 0 Å². The fraction of sp³-hybridized carbons (Fsp3) is 0.0526. The van der Waals surface area contributed by atoms with Gasteiger partial charge in [0.1, 0.15) is 5.82 Å². The Hall–Kier alpha value is -2.64. The van der Waals surface area contributed by atoms with Crippen LogP contribution < -0.4 is 5.32 Å². The van der Waals surface area contributed by atoms with Crippen molar-refractivity contribution in [3.8, 4) is 0 Å². The third kappa shape index (κ3) is 3.49. The molecule has 0 bridgehead atoms. The Morgan fingerprint density at radius 2 is 2.00 bits per heavy atom. The van der Waals surface area contributed by atoms with Crippen molar-refractivity contribution in [2.45, 2.75) is 10.1 Å². The maximum atomic E-state index is 13.3. The van der Waals surface area contributed by atoms with Crippen molar-refractivity contribution < 1.29 is 9.18 Å². The van der Waals surface area contributed by atoms with Gasteiger partial charge in [-0.05, 0) is 53.9 Å². The summed E-state index contributed by atoms with van der Waals surface area (Å²) in [5.74, 6) is -0.501. The molecule has 4 aromatic rings. The van der Waals surface area contributed by atoms with Gasteiger partial charge in [-0.3, -0.25) is 4.79 Å². The minimum Gasteiger partial charge on any atom is -0.329 e. The molecule has 0 aliphatic rings. The molecular weight excluding hydrogens is 369 g/mol. The number of carbonyl (C=O) groups is 1. The number of imidazole rings is 1. The molecule has 4 nitrogen and oxygen atoms in total. The molecule has 2 heterocycles. The highest BCUT2D eigenvalue weighted by atomic mass is 32.2. The van der Waals surface area contributed by atoms with Gasteiger partial charge in [0.25, 0.3) is 5.91 Å². The Bertz CT molecular complexity index is 1090. The van der Waals surface area contributed by atoms with Crippen LogP contribution in [0.4, 0.5) is 10.1 Å². The number of anilines is 1. The first-order chi connectivity index (χ1) is 12.6. The standard InChI is InChI=1S/C19H14FN3OS2/c1-23-9-8-21-19(23)25-15-5-3-14(4-6-15)22-18(24)17-11-12-10-13(20)2-7-16(12)26-17/h2-11H,1H3,(H,22,24). The summed E-state index contributed by atoms with van der Waals surface area (Å²) in [5.41, 5.74) is 0.711. The molecule has 26 heavy (non-hydrogen) atoms. The molecule has 1 N–H and O–H groups in total. The predicted octanol–water partition coefficient (Wildman–Crippen LogP) is 5.18. The number of halogens is 1. The predicted molar refractivity (Wildman–Crippen MR) is 104 cm³/mol. The average molecular weight is 383 g/mol. The molecule has 0 atom stereocenters. The van der Waals surface area contributed by atoms with Crippen LogP contribution in [0.5, 0.6) is 0 Å². The zero-order valence-corrected chi connectivity index (χ0v) is 15.4. The fourth-order valence-corrected chi connectivity index (χ4v) is 4.22. The Morgan fingerprint density at radius 1 is 1.19 bits per heavy atom. The summed E-state index contributed by atoms with van der Waals surface area (Å²) < 4.78 is 16.1. The molecule has 2 aromatic heterocycles. The number of thiophene rings is 1. The van der Waals surface area contributed by atoms with Crippen LogP contribution in [0.25, 0.3) is 10.1 Å². The van der Waals surface area contributed by atoms with Crippen molar-refractivity contribution in [1.82, 2.24) is 9.55 Å². The number of hydrogen-bond donors (Lipinski definition) is 1. The van der Waals surface area contributed by atoms with Crippen molar-refractivity contribution in [2.24, 2.45) is 7.05 Å². The van der Waals surface area contributed by atoms with E-state index in [1.165, 1.54) is 23.5 Å². The minimum atomic E-state index is -0.303. The van der Waals surface area contributed by atoms with Gasteiger partial charge in [0.05, 0.1) is 4.88 Å². The maximum absolute atomic E-state index is 13.3. The van der Waals surface area contributed by atoms with E-state index in [1.54, 1.807) is 30.1 Å². The summed E-state index contributed by atoms with van der Waals surface area (Å²) >= 11 is 2.90. The lowest BCUT2D eigenvalue weighted by molar-refractivity contribution is 0.103. The van der Waals surface area contributed by atoms with Gasteiger partial charge in [0, 0.05) is 34.7 Å². The number of nitrogens with one attached hydrogen (secondary N) is 1. The third-order valence-corrected chi connectivity index (χ3v) is 6.00. The molecule has 130 valence electrons. The van der Waals surface area contributed by atoms with E-state index in [4.69, 9.17) is 0 Å². The van der Waals surface area contributed by atoms with Crippen LogP contribution in [0.1, 0.15) is 9.67 Å². The van der Waals surface area contributed by atoms with E-state index in [0.717, 1.165) is 20.1 Å². The summed E-state index contributed by atoms with van der Waals surface area (Å²) in [4.78, 5) is 18.3. The second kappa shape index (κ2) is 6.93. The van der Waals surface area contributed by atoms with Gasteiger partial charge < -0.3 is 9.88 Å². The van der Waals surface area contributed by atoms with Gasteiger partial charge in [-0.1, -0.05) is 11.8 Å². The highest BCUT2D eigenvalue weighted by Gasteiger charge is 2.11. The minimum absolute atomic E-state index is 0.198. The van der Waals surface area contributed by atoms with Crippen LogP contribution in [-0.2, 0) is 7.05 Å². The molecule has 2 aromatic carbocycles. The van der Waals surface area contributed by atoms with E-state index in [0.29, 0.717) is 10.6 Å². The quantitative estimate of drug-likeness (QED) is 0.528. The van der Waals surface area contributed by atoms with Crippen LogP contribution in [0, 0.1) is 5.82 Å².